The van der Waals surface area contributed by atoms with Crippen LogP contribution >= 0.6 is 0 Å². The van der Waals surface area contributed by atoms with Gasteiger partial charge in [-0.3, -0.25) is 14.4 Å². The number of carbonyl (C=O) groups excluding carboxylic acids is 3. The van der Waals surface area contributed by atoms with Gasteiger partial charge in [-0.05, 0) is 127 Å². The highest BCUT2D eigenvalue weighted by atomic mass is 16.5. The van der Waals surface area contributed by atoms with Gasteiger partial charge in [0, 0.05) is 52.7 Å². The average Bonchev–Trinajstić information content (AvgIpc) is 3.24. The Morgan fingerprint density at radius 1 is 0.569 bits per heavy atom. The number of rotatable bonds is 10. The first-order valence-corrected chi connectivity index (χ1v) is 23.3. The third-order valence-corrected chi connectivity index (χ3v) is 16.8. The fraction of sp³-hybridized carbons (Fsp3) is 0.625. The van der Waals surface area contributed by atoms with E-state index in [1.54, 1.807) is 40.6 Å². The summed E-state index contributed by atoms with van der Waals surface area (Å²) in [5.74, 6) is 3.35. The molecule has 0 saturated heterocycles. The number of fused-ring (bicyclic) bond motifs is 2. The number of hydrogen-bond donors (Lipinski definition) is 2. The lowest BCUT2D eigenvalue weighted by Gasteiger charge is -2.60. The van der Waals surface area contributed by atoms with Crippen LogP contribution in [0.2, 0.25) is 0 Å². The van der Waals surface area contributed by atoms with Crippen LogP contribution in [0.1, 0.15) is 158 Å². The van der Waals surface area contributed by atoms with Crippen LogP contribution in [-0.2, 0) is 0 Å². The number of nitrogens with two attached hydrogens (primary N) is 1. The first kappa shape index (κ1) is 53.2. The van der Waals surface area contributed by atoms with Crippen molar-refractivity contribution in [2.45, 2.75) is 141 Å². The van der Waals surface area contributed by atoms with Gasteiger partial charge in [0.15, 0.2) is 11.6 Å². The summed E-state index contributed by atoms with van der Waals surface area (Å²) in [6.07, 6.45) is 8.63. The largest absolute Gasteiger partial charge is 0.497 e. The monoisotopic (exact) mass is 897 g/mol. The van der Waals surface area contributed by atoms with Gasteiger partial charge in [-0.15, -0.1) is 0 Å². The fourth-order valence-electron chi connectivity index (χ4n) is 13.4. The quantitative estimate of drug-likeness (QED) is 0.193. The number of carbonyl (C=O) groups is 3. The van der Waals surface area contributed by atoms with Gasteiger partial charge >= 0.3 is 0 Å². The highest BCUT2D eigenvalue weighted by Gasteiger charge is 2.60. The van der Waals surface area contributed by atoms with E-state index < -0.39 is 0 Å². The summed E-state index contributed by atoms with van der Waals surface area (Å²) in [4.78, 5) is 41.4. The molecule has 3 aromatic carbocycles. The van der Waals surface area contributed by atoms with Crippen LogP contribution in [0.3, 0.4) is 0 Å². The minimum atomic E-state index is -0.226. The Morgan fingerprint density at radius 3 is 1.35 bits per heavy atom. The second kappa shape index (κ2) is 20.7. The molecule has 3 aromatic rings. The number of methoxy groups -OCH3 is 4. The lowest BCUT2D eigenvalue weighted by atomic mass is 9.45. The topological polar surface area (TPSA) is 126 Å². The predicted octanol–water partition coefficient (Wildman–Crippen LogP) is 12.5. The number of hydrogen-bond acceptors (Lipinski definition) is 8. The maximum absolute atomic E-state index is 14.3. The van der Waals surface area contributed by atoms with E-state index in [0.717, 1.165) is 44.1 Å². The molecule has 4 aliphatic carbocycles. The van der Waals surface area contributed by atoms with Crippen LogP contribution in [0, 0.1) is 64.1 Å². The third kappa shape index (κ3) is 10.5. The molecule has 0 heterocycles. The Balaban J connectivity index is 0.000000287. The summed E-state index contributed by atoms with van der Waals surface area (Å²) in [5.41, 5.74) is 9.77. The van der Waals surface area contributed by atoms with Crippen LogP contribution in [-0.4, -0.2) is 58.0 Å². The normalized spacial score (nSPS) is 30.7. The lowest BCUT2D eigenvalue weighted by molar-refractivity contribution is -0.0902. The number of benzene rings is 3. The van der Waals surface area contributed by atoms with Crippen molar-refractivity contribution in [2.24, 2.45) is 62.9 Å². The Kier molecular flexibility index (Phi) is 16.9. The molecular formula is C56H84N2O7. The molecular weight excluding hydrogens is 813 g/mol. The minimum Gasteiger partial charge on any atom is -0.497 e. The summed E-state index contributed by atoms with van der Waals surface area (Å²) in [7, 11) is 6.43. The molecule has 0 aliphatic heterocycles. The summed E-state index contributed by atoms with van der Waals surface area (Å²) < 4.78 is 21.7. The highest BCUT2D eigenvalue weighted by molar-refractivity contribution is 6.00. The Labute approximate surface area is 392 Å². The van der Waals surface area contributed by atoms with Gasteiger partial charge < -0.3 is 30.0 Å². The molecule has 0 radical (unpaired) electrons. The standard InChI is InChI=1S/C31H41NO4.C23H35NO3.2CH4/c1-19-9-11-21(12-10-19)29(34)32-25-18-26-30(3,4)13-8-14-31(26,5)27(20(25)2)28(33)22-15-23(35-6)17-24(16-22)36-7;1-14-18(24)13-19-22(2,3)8-7-9-23(19,4)20(14)21(25)15-10-16(26-5)12-17(11-15)27-6;;/h9-12,15-17,20,25-27H,8,13-14,18H2,1-7H3,(H,32,34);10-12,14,18-20H,7-9,13,24H2,1-6H3;2*1H4/t20-,25-,26+,27-,31+;14-,18-,19+,20-,23+;;/m11../s1. The molecule has 4 aliphatic rings. The van der Waals surface area contributed by atoms with Gasteiger partial charge in [0.25, 0.3) is 5.91 Å². The van der Waals surface area contributed by atoms with E-state index in [2.05, 4.69) is 60.7 Å². The zero-order chi connectivity index (χ0) is 46.2. The van der Waals surface area contributed by atoms with E-state index >= 15 is 0 Å². The number of ketones is 2. The van der Waals surface area contributed by atoms with Crippen molar-refractivity contribution in [3.63, 3.8) is 0 Å². The van der Waals surface area contributed by atoms with E-state index in [-0.39, 0.29) is 89.7 Å². The maximum Gasteiger partial charge on any atom is 0.251 e. The number of amides is 1. The van der Waals surface area contributed by atoms with Gasteiger partial charge in [-0.25, -0.2) is 0 Å². The van der Waals surface area contributed by atoms with E-state index in [0.29, 0.717) is 51.5 Å². The number of Topliss-reactive ketones (excluding diaryl/α,β-unsaturated/α-hetero) is 2. The zero-order valence-corrected chi connectivity index (χ0v) is 40.5. The number of nitrogens with one attached hydrogen (secondary N) is 1. The first-order valence-electron chi connectivity index (χ1n) is 23.3. The molecule has 9 heteroatoms. The molecule has 1 amide bonds. The summed E-state index contributed by atoms with van der Waals surface area (Å²) in [6.45, 7) is 20.3. The third-order valence-electron chi connectivity index (χ3n) is 16.8. The number of ether oxygens (including phenoxy) is 4. The molecule has 0 bridgehead atoms. The van der Waals surface area contributed by atoms with Crippen molar-refractivity contribution in [3.05, 3.63) is 82.9 Å². The van der Waals surface area contributed by atoms with Gasteiger partial charge in [0.2, 0.25) is 0 Å². The van der Waals surface area contributed by atoms with Crippen LogP contribution in [0.4, 0.5) is 0 Å². The Hall–Kier alpha value is -4.37. The van der Waals surface area contributed by atoms with Crippen molar-refractivity contribution in [1.29, 1.82) is 0 Å². The zero-order valence-electron chi connectivity index (χ0n) is 40.5. The van der Waals surface area contributed by atoms with Crippen molar-refractivity contribution >= 4 is 17.5 Å². The molecule has 0 spiro atoms. The molecule has 10 atom stereocenters. The molecule has 0 unspecified atom stereocenters. The van der Waals surface area contributed by atoms with Crippen molar-refractivity contribution in [1.82, 2.24) is 5.32 Å². The van der Waals surface area contributed by atoms with E-state index in [9.17, 15) is 14.4 Å². The highest BCUT2D eigenvalue weighted by Crippen LogP contribution is 2.63. The molecule has 65 heavy (non-hydrogen) atoms. The minimum absolute atomic E-state index is 0. The summed E-state index contributed by atoms with van der Waals surface area (Å²) in [5, 5.41) is 3.33. The second-order valence-corrected chi connectivity index (χ2v) is 21.5. The molecule has 3 N–H and O–H groups in total. The lowest BCUT2D eigenvalue weighted by Crippen LogP contribution is -2.60. The first-order chi connectivity index (χ1) is 29.6. The fourth-order valence-corrected chi connectivity index (χ4v) is 13.4. The van der Waals surface area contributed by atoms with Gasteiger partial charge in [0.05, 0.1) is 28.4 Å². The van der Waals surface area contributed by atoms with Crippen molar-refractivity contribution in [3.8, 4) is 23.0 Å². The van der Waals surface area contributed by atoms with Crippen LogP contribution in [0.15, 0.2) is 60.7 Å². The Bertz CT molecular complexity index is 2080. The van der Waals surface area contributed by atoms with Crippen LogP contribution in [0.5, 0.6) is 23.0 Å². The molecule has 9 nitrogen and oxygen atoms in total. The smallest absolute Gasteiger partial charge is 0.251 e. The van der Waals surface area contributed by atoms with Gasteiger partial charge in [0.1, 0.15) is 23.0 Å². The molecule has 4 saturated carbocycles. The second-order valence-electron chi connectivity index (χ2n) is 21.5. The van der Waals surface area contributed by atoms with E-state index in [1.807, 2.05) is 55.5 Å². The number of aryl methyl sites for hydroxylation is 1. The Morgan fingerprint density at radius 2 is 0.954 bits per heavy atom. The SMILES string of the molecule is C.C.COc1cc(OC)cc(C(=O)[C@H]2[C@H](C)[C@H](N)C[C@H]3C(C)(C)CCC[C@]23C)c1.COc1cc(OC)cc(C(=O)[C@H]2[C@H](C)[C@H](NC(=O)c3ccc(C)cc3)C[C@H]3C(C)(C)CCC[C@]23C)c1. The average molecular weight is 897 g/mol. The van der Waals surface area contributed by atoms with Crippen molar-refractivity contribution < 1.29 is 33.3 Å². The van der Waals surface area contributed by atoms with Gasteiger partial charge in [-0.2, -0.15) is 0 Å². The van der Waals surface area contributed by atoms with Crippen molar-refractivity contribution in [2.75, 3.05) is 28.4 Å². The molecule has 4 fully saturated rings. The summed E-state index contributed by atoms with van der Waals surface area (Å²) in [6, 6.07) is 18.5. The predicted molar refractivity (Wildman–Crippen MR) is 265 cm³/mol. The maximum atomic E-state index is 14.3. The molecule has 0 aromatic heterocycles. The van der Waals surface area contributed by atoms with Crippen LogP contribution < -0.4 is 30.0 Å². The summed E-state index contributed by atoms with van der Waals surface area (Å²) >= 11 is 0. The van der Waals surface area contributed by atoms with Crippen LogP contribution in [0.25, 0.3) is 0 Å². The van der Waals surface area contributed by atoms with Gasteiger partial charge in [-0.1, -0.05) is 101 Å². The van der Waals surface area contributed by atoms with E-state index in [1.165, 1.54) is 12.8 Å². The van der Waals surface area contributed by atoms with E-state index in [4.69, 9.17) is 24.7 Å². The molecule has 7 rings (SSSR count). The molecule has 360 valence electrons.